The standard InChI is InChI=1S/C19H22N2O2/c1-14-7-9-16(10-8-14)18-13-21(11-12-23-18)19(22)20-17-6-4-3-5-15(17)2/h3-10,18H,11-13H2,1-2H3,(H,20,22). The Bertz CT molecular complexity index is 682. The highest BCUT2D eigenvalue weighted by Gasteiger charge is 2.25. The summed E-state index contributed by atoms with van der Waals surface area (Å²) in [5.41, 5.74) is 4.25. The summed E-state index contributed by atoms with van der Waals surface area (Å²) in [5, 5.41) is 2.99. The smallest absolute Gasteiger partial charge is 0.322 e. The lowest BCUT2D eigenvalue weighted by Crippen LogP contribution is -2.44. The fraction of sp³-hybridized carbons (Fsp3) is 0.316. The van der Waals surface area contributed by atoms with Crippen molar-refractivity contribution in [2.24, 2.45) is 0 Å². The van der Waals surface area contributed by atoms with Gasteiger partial charge in [-0.15, -0.1) is 0 Å². The molecule has 1 heterocycles. The van der Waals surface area contributed by atoms with Gasteiger partial charge in [0.25, 0.3) is 0 Å². The molecule has 1 fully saturated rings. The van der Waals surface area contributed by atoms with E-state index in [-0.39, 0.29) is 12.1 Å². The van der Waals surface area contributed by atoms with Crippen LogP contribution in [-0.4, -0.2) is 30.6 Å². The summed E-state index contributed by atoms with van der Waals surface area (Å²) in [4.78, 5) is 14.3. The molecule has 0 bridgehead atoms. The van der Waals surface area contributed by atoms with Crippen molar-refractivity contribution >= 4 is 11.7 Å². The van der Waals surface area contributed by atoms with Gasteiger partial charge in [0.1, 0.15) is 6.10 Å². The van der Waals surface area contributed by atoms with E-state index in [2.05, 4.69) is 36.5 Å². The number of carbonyl (C=O) groups excluding carboxylic acids is 1. The van der Waals surface area contributed by atoms with Crippen LogP contribution in [0.4, 0.5) is 10.5 Å². The van der Waals surface area contributed by atoms with Crippen LogP contribution in [0.15, 0.2) is 48.5 Å². The van der Waals surface area contributed by atoms with Gasteiger partial charge in [-0.2, -0.15) is 0 Å². The van der Waals surface area contributed by atoms with Crippen molar-refractivity contribution in [1.29, 1.82) is 0 Å². The lowest BCUT2D eigenvalue weighted by atomic mass is 10.1. The van der Waals surface area contributed by atoms with Crippen molar-refractivity contribution in [1.82, 2.24) is 4.90 Å². The SMILES string of the molecule is Cc1ccc(C2CN(C(=O)Nc3ccccc3C)CCO2)cc1. The first-order chi connectivity index (χ1) is 11.1. The summed E-state index contributed by atoms with van der Waals surface area (Å²) in [5.74, 6) is 0. The topological polar surface area (TPSA) is 41.6 Å². The quantitative estimate of drug-likeness (QED) is 0.914. The van der Waals surface area contributed by atoms with Crippen LogP contribution in [0.1, 0.15) is 22.8 Å². The third-order valence-electron chi connectivity index (χ3n) is 4.19. The molecule has 0 aliphatic carbocycles. The Morgan fingerprint density at radius 1 is 1.13 bits per heavy atom. The number of nitrogens with zero attached hydrogens (tertiary/aromatic N) is 1. The van der Waals surface area contributed by atoms with Gasteiger partial charge < -0.3 is 15.0 Å². The number of benzene rings is 2. The number of anilines is 1. The summed E-state index contributed by atoms with van der Waals surface area (Å²) in [7, 11) is 0. The van der Waals surface area contributed by atoms with Crippen LogP contribution in [0.5, 0.6) is 0 Å². The lowest BCUT2D eigenvalue weighted by Gasteiger charge is -2.33. The molecule has 1 aliphatic heterocycles. The number of nitrogens with one attached hydrogen (secondary N) is 1. The lowest BCUT2D eigenvalue weighted by molar-refractivity contribution is -0.0135. The third kappa shape index (κ3) is 3.71. The van der Waals surface area contributed by atoms with E-state index in [9.17, 15) is 4.79 Å². The molecule has 23 heavy (non-hydrogen) atoms. The zero-order valence-electron chi connectivity index (χ0n) is 13.6. The summed E-state index contributed by atoms with van der Waals surface area (Å²) in [6.45, 7) is 5.79. The highest BCUT2D eigenvalue weighted by atomic mass is 16.5. The van der Waals surface area contributed by atoms with E-state index in [1.807, 2.05) is 36.1 Å². The molecule has 1 N–H and O–H groups in total. The number of hydrogen-bond donors (Lipinski definition) is 1. The van der Waals surface area contributed by atoms with E-state index in [4.69, 9.17) is 4.74 Å². The largest absolute Gasteiger partial charge is 0.370 e. The summed E-state index contributed by atoms with van der Waals surface area (Å²) in [6.07, 6.45) is -0.0630. The van der Waals surface area contributed by atoms with Crippen molar-refractivity contribution in [3.05, 3.63) is 65.2 Å². The number of amides is 2. The van der Waals surface area contributed by atoms with Crippen LogP contribution in [0.3, 0.4) is 0 Å². The Hall–Kier alpha value is -2.33. The minimum atomic E-state index is -0.0697. The Morgan fingerprint density at radius 3 is 2.61 bits per heavy atom. The van der Waals surface area contributed by atoms with E-state index in [0.29, 0.717) is 19.7 Å². The predicted octanol–water partition coefficient (Wildman–Crippen LogP) is 3.91. The number of hydrogen-bond acceptors (Lipinski definition) is 2. The van der Waals surface area contributed by atoms with E-state index < -0.39 is 0 Å². The first-order valence-electron chi connectivity index (χ1n) is 7.93. The van der Waals surface area contributed by atoms with E-state index in [1.165, 1.54) is 5.56 Å². The average Bonchev–Trinajstić information content (AvgIpc) is 2.58. The van der Waals surface area contributed by atoms with E-state index in [0.717, 1.165) is 16.8 Å². The fourth-order valence-corrected chi connectivity index (χ4v) is 2.72. The highest BCUT2D eigenvalue weighted by Crippen LogP contribution is 2.23. The molecule has 0 radical (unpaired) electrons. The molecule has 4 heteroatoms. The maximum atomic E-state index is 12.5. The second-order valence-corrected chi connectivity index (χ2v) is 5.96. The second-order valence-electron chi connectivity index (χ2n) is 5.96. The van der Waals surface area contributed by atoms with E-state index >= 15 is 0 Å². The zero-order chi connectivity index (χ0) is 16.2. The van der Waals surface area contributed by atoms with Crippen molar-refractivity contribution in [2.45, 2.75) is 20.0 Å². The Balaban J connectivity index is 1.67. The molecule has 120 valence electrons. The maximum absolute atomic E-state index is 12.5. The van der Waals surface area contributed by atoms with Crippen LogP contribution >= 0.6 is 0 Å². The molecule has 1 saturated heterocycles. The number of urea groups is 1. The van der Waals surface area contributed by atoms with E-state index in [1.54, 1.807) is 0 Å². The number of carbonyl (C=O) groups is 1. The first kappa shape index (κ1) is 15.6. The number of para-hydroxylation sites is 1. The molecule has 1 unspecified atom stereocenters. The van der Waals surface area contributed by atoms with Crippen LogP contribution < -0.4 is 5.32 Å². The average molecular weight is 310 g/mol. The van der Waals surface area contributed by atoms with Gasteiger partial charge in [0.15, 0.2) is 0 Å². The molecule has 2 aromatic carbocycles. The molecule has 0 spiro atoms. The third-order valence-corrected chi connectivity index (χ3v) is 4.19. The van der Waals surface area contributed by atoms with Gasteiger partial charge in [-0.1, -0.05) is 48.0 Å². The molecular formula is C19H22N2O2. The number of aryl methyl sites for hydroxylation is 2. The van der Waals surface area contributed by atoms with Crippen molar-refractivity contribution in [3.8, 4) is 0 Å². The predicted molar refractivity (Wildman–Crippen MR) is 91.6 cm³/mol. The highest BCUT2D eigenvalue weighted by molar-refractivity contribution is 5.90. The first-order valence-corrected chi connectivity index (χ1v) is 7.93. The Morgan fingerprint density at radius 2 is 1.87 bits per heavy atom. The molecule has 1 aliphatic rings. The van der Waals surface area contributed by atoms with Crippen LogP contribution in [0.25, 0.3) is 0 Å². The summed E-state index contributed by atoms with van der Waals surface area (Å²) in [6, 6.07) is 16.0. The number of rotatable bonds is 2. The van der Waals surface area contributed by atoms with Gasteiger partial charge in [-0.05, 0) is 31.0 Å². The monoisotopic (exact) mass is 310 g/mol. The fourth-order valence-electron chi connectivity index (χ4n) is 2.72. The minimum Gasteiger partial charge on any atom is -0.370 e. The zero-order valence-corrected chi connectivity index (χ0v) is 13.6. The van der Waals surface area contributed by atoms with Crippen LogP contribution in [0.2, 0.25) is 0 Å². The van der Waals surface area contributed by atoms with Gasteiger partial charge in [0.05, 0.1) is 13.2 Å². The van der Waals surface area contributed by atoms with Gasteiger partial charge >= 0.3 is 6.03 Å². The summed E-state index contributed by atoms with van der Waals surface area (Å²) >= 11 is 0. The minimum absolute atomic E-state index is 0.0630. The molecule has 1 atom stereocenters. The molecule has 0 saturated carbocycles. The van der Waals surface area contributed by atoms with Crippen LogP contribution in [0, 0.1) is 13.8 Å². The van der Waals surface area contributed by atoms with Crippen LogP contribution in [-0.2, 0) is 4.74 Å². The van der Waals surface area contributed by atoms with Crippen molar-refractivity contribution < 1.29 is 9.53 Å². The number of morpholine rings is 1. The van der Waals surface area contributed by atoms with Crippen molar-refractivity contribution in [2.75, 3.05) is 25.0 Å². The van der Waals surface area contributed by atoms with Crippen molar-refractivity contribution in [3.63, 3.8) is 0 Å². The molecule has 4 nitrogen and oxygen atoms in total. The normalized spacial score (nSPS) is 17.8. The Kier molecular flexibility index (Phi) is 4.63. The van der Waals surface area contributed by atoms with Gasteiger partial charge in [0, 0.05) is 12.2 Å². The molecule has 2 amide bonds. The Labute approximate surface area is 137 Å². The maximum Gasteiger partial charge on any atom is 0.322 e. The second kappa shape index (κ2) is 6.84. The molecule has 2 aromatic rings. The summed E-state index contributed by atoms with van der Waals surface area (Å²) < 4.78 is 5.84. The van der Waals surface area contributed by atoms with Gasteiger partial charge in [-0.3, -0.25) is 0 Å². The molecule has 0 aromatic heterocycles. The number of ether oxygens (including phenoxy) is 1. The van der Waals surface area contributed by atoms with Gasteiger partial charge in [0.2, 0.25) is 0 Å². The molecule has 3 rings (SSSR count). The van der Waals surface area contributed by atoms with Gasteiger partial charge in [-0.25, -0.2) is 4.79 Å². The molecular weight excluding hydrogens is 288 g/mol.